The van der Waals surface area contributed by atoms with Crippen LogP contribution in [0.4, 0.5) is 0 Å². The molecule has 3 heterocycles. The van der Waals surface area contributed by atoms with E-state index in [0.29, 0.717) is 31.2 Å². The molecule has 0 spiro atoms. The number of benzene rings is 1. The van der Waals surface area contributed by atoms with E-state index in [1.807, 2.05) is 28.0 Å². The lowest BCUT2D eigenvalue weighted by Crippen LogP contribution is -2.36. The highest BCUT2D eigenvalue weighted by molar-refractivity contribution is 5.77. The number of likely N-dealkylation sites (tertiary alicyclic amines) is 2. The third-order valence-electron chi connectivity index (χ3n) is 5.77. The largest absolute Gasteiger partial charge is 0.342 e. The second kappa shape index (κ2) is 7.47. The fourth-order valence-electron chi connectivity index (χ4n) is 4.50. The Morgan fingerprint density at radius 3 is 2.63 bits per heavy atom. The summed E-state index contributed by atoms with van der Waals surface area (Å²) in [6.45, 7) is 3.82. The Morgan fingerprint density at radius 2 is 1.93 bits per heavy atom. The Labute approximate surface area is 159 Å². The van der Waals surface area contributed by atoms with Gasteiger partial charge < -0.3 is 9.80 Å². The van der Waals surface area contributed by atoms with E-state index in [-0.39, 0.29) is 17.9 Å². The number of hydrogen-bond donors (Lipinski definition) is 0. The van der Waals surface area contributed by atoms with Crippen molar-refractivity contribution in [2.24, 2.45) is 11.8 Å². The first-order valence-electron chi connectivity index (χ1n) is 9.48. The van der Waals surface area contributed by atoms with Crippen molar-refractivity contribution >= 4 is 11.8 Å². The summed E-state index contributed by atoms with van der Waals surface area (Å²) in [6.07, 6.45) is 6.06. The van der Waals surface area contributed by atoms with Crippen LogP contribution < -0.4 is 0 Å². The normalized spacial score (nSPS) is 24.1. The van der Waals surface area contributed by atoms with Crippen LogP contribution >= 0.6 is 0 Å². The van der Waals surface area contributed by atoms with Crippen LogP contribution in [0.3, 0.4) is 0 Å². The topological polar surface area (TPSA) is 66.4 Å². The fraction of sp³-hybridized carbons (Fsp3) is 0.429. The van der Waals surface area contributed by atoms with Crippen LogP contribution in [-0.2, 0) is 16.0 Å². The zero-order valence-electron chi connectivity index (χ0n) is 15.5. The van der Waals surface area contributed by atoms with Gasteiger partial charge >= 0.3 is 0 Å². The zero-order chi connectivity index (χ0) is 18.8. The van der Waals surface area contributed by atoms with Crippen LogP contribution in [0.15, 0.2) is 48.9 Å². The Bertz CT molecular complexity index is 811. The molecule has 27 heavy (non-hydrogen) atoms. The van der Waals surface area contributed by atoms with Crippen LogP contribution in [0.5, 0.6) is 0 Å². The summed E-state index contributed by atoms with van der Waals surface area (Å²) in [5.41, 5.74) is 2.00. The number of aryl methyl sites for hydroxylation is 1. The number of aromatic nitrogens is 2. The minimum Gasteiger partial charge on any atom is -0.342 e. The fourth-order valence-corrected chi connectivity index (χ4v) is 4.50. The van der Waals surface area contributed by atoms with Gasteiger partial charge in [0, 0.05) is 63.4 Å². The summed E-state index contributed by atoms with van der Waals surface area (Å²) >= 11 is 0. The molecule has 2 amide bonds. The molecule has 2 saturated heterocycles. The highest BCUT2D eigenvalue weighted by Crippen LogP contribution is 2.45. The molecule has 4 rings (SSSR count). The van der Waals surface area contributed by atoms with E-state index in [4.69, 9.17) is 0 Å². The minimum absolute atomic E-state index is 0.0616. The van der Waals surface area contributed by atoms with Crippen molar-refractivity contribution < 1.29 is 9.59 Å². The van der Waals surface area contributed by atoms with Crippen molar-refractivity contribution in [2.75, 3.05) is 19.6 Å². The molecule has 2 aromatic rings. The summed E-state index contributed by atoms with van der Waals surface area (Å²) in [4.78, 5) is 37.1. The molecule has 6 nitrogen and oxygen atoms in total. The van der Waals surface area contributed by atoms with E-state index < -0.39 is 0 Å². The van der Waals surface area contributed by atoms with E-state index in [1.54, 1.807) is 25.5 Å². The lowest BCUT2D eigenvalue weighted by molar-refractivity contribution is -0.131. The summed E-state index contributed by atoms with van der Waals surface area (Å²) in [5, 5.41) is 0. The third kappa shape index (κ3) is 3.56. The van der Waals surface area contributed by atoms with E-state index in [0.717, 1.165) is 24.3 Å². The molecule has 1 aromatic carbocycles. The van der Waals surface area contributed by atoms with Crippen molar-refractivity contribution in [3.63, 3.8) is 0 Å². The number of carbonyl (C=O) groups excluding carboxylic acids is 2. The highest BCUT2D eigenvalue weighted by atomic mass is 16.2. The molecule has 2 aliphatic rings. The second-order valence-electron chi connectivity index (χ2n) is 7.45. The first-order valence-corrected chi connectivity index (χ1v) is 9.48. The smallest absolute Gasteiger partial charge is 0.222 e. The van der Waals surface area contributed by atoms with Crippen LogP contribution in [-0.4, -0.2) is 51.2 Å². The molecule has 0 aliphatic carbocycles. The predicted octanol–water partition coefficient (Wildman–Crippen LogP) is 2.09. The minimum atomic E-state index is 0.0616. The number of fused-ring (bicyclic) bond motifs is 1. The number of hydrogen-bond acceptors (Lipinski definition) is 4. The van der Waals surface area contributed by atoms with E-state index in [1.165, 1.54) is 0 Å². The standard InChI is InChI=1S/C21H24N4O2/c1-15(26)25-13-17-12-24(20(27)8-7-18-11-22-9-10-23-18)14-19(17)21(25)16-5-3-2-4-6-16/h2-6,9-11,17,19,21H,7-8,12-14H2,1H3/t17-,19-,21+/m1/s1. The van der Waals surface area contributed by atoms with Gasteiger partial charge in [-0.25, -0.2) is 0 Å². The molecule has 0 N–H and O–H groups in total. The molecule has 140 valence electrons. The lowest BCUT2D eigenvalue weighted by Gasteiger charge is -2.29. The van der Waals surface area contributed by atoms with Crippen LogP contribution in [0.2, 0.25) is 0 Å². The Kier molecular flexibility index (Phi) is 4.88. The zero-order valence-corrected chi connectivity index (χ0v) is 15.5. The molecule has 2 fully saturated rings. The maximum absolute atomic E-state index is 12.7. The van der Waals surface area contributed by atoms with Crippen molar-refractivity contribution in [3.05, 3.63) is 60.2 Å². The SMILES string of the molecule is CC(=O)N1C[C@H]2CN(C(=O)CCc3cnccn3)C[C@H]2[C@@H]1c1ccccc1. The Morgan fingerprint density at radius 1 is 1.11 bits per heavy atom. The number of nitrogens with zero attached hydrogens (tertiary/aromatic N) is 4. The molecular weight excluding hydrogens is 340 g/mol. The molecule has 2 aliphatic heterocycles. The molecule has 1 aromatic heterocycles. The van der Waals surface area contributed by atoms with Gasteiger partial charge in [-0.15, -0.1) is 0 Å². The monoisotopic (exact) mass is 364 g/mol. The van der Waals surface area contributed by atoms with Crippen molar-refractivity contribution in [1.29, 1.82) is 0 Å². The number of amides is 2. The van der Waals surface area contributed by atoms with Gasteiger partial charge in [0.25, 0.3) is 0 Å². The first-order chi connectivity index (χ1) is 13.1. The van der Waals surface area contributed by atoms with Gasteiger partial charge in [-0.3, -0.25) is 19.6 Å². The van der Waals surface area contributed by atoms with Crippen LogP contribution in [0.25, 0.3) is 0 Å². The van der Waals surface area contributed by atoms with Crippen LogP contribution in [0.1, 0.15) is 30.6 Å². The van der Waals surface area contributed by atoms with Crippen molar-refractivity contribution in [2.45, 2.75) is 25.8 Å². The van der Waals surface area contributed by atoms with E-state index in [2.05, 4.69) is 22.1 Å². The van der Waals surface area contributed by atoms with Gasteiger partial charge in [-0.05, 0) is 12.0 Å². The summed E-state index contributed by atoms with van der Waals surface area (Å²) < 4.78 is 0. The van der Waals surface area contributed by atoms with Gasteiger partial charge in [0.15, 0.2) is 0 Å². The first kappa shape index (κ1) is 17.6. The summed E-state index contributed by atoms with van der Waals surface area (Å²) in [7, 11) is 0. The average molecular weight is 364 g/mol. The van der Waals surface area contributed by atoms with Gasteiger partial charge in [0.05, 0.1) is 11.7 Å². The summed E-state index contributed by atoms with van der Waals surface area (Å²) in [6, 6.07) is 10.2. The van der Waals surface area contributed by atoms with Gasteiger partial charge in [0.2, 0.25) is 11.8 Å². The molecule has 3 atom stereocenters. The predicted molar refractivity (Wildman–Crippen MR) is 100 cm³/mol. The number of rotatable bonds is 4. The molecule has 0 saturated carbocycles. The molecule has 6 heteroatoms. The molecule has 0 unspecified atom stereocenters. The van der Waals surface area contributed by atoms with Crippen LogP contribution in [0, 0.1) is 11.8 Å². The lowest BCUT2D eigenvalue weighted by atomic mass is 9.89. The molecular formula is C21H24N4O2. The van der Waals surface area contributed by atoms with E-state index in [9.17, 15) is 9.59 Å². The Hall–Kier alpha value is -2.76. The van der Waals surface area contributed by atoms with Gasteiger partial charge in [-0.1, -0.05) is 30.3 Å². The second-order valence-corrected chi connectivity index (χ2v) is 7.45. The van der Waals surface area contributed by atoms with Crippen molar-refractivity contribution in [1.82, 2.24) is 19.8 Å². The third-order valence-corrected chi connectivity index (χ3v) is 5.77. The maximum Gasteiger partial charge on any atom is 0.222 e. The number of carbonyl (C=O) groups is 2. The van der Waals surface area contributed by atoms with Gasteiger partial charge in [0.1, 0.15) is 0 Å². The molecule has 0 radical (unpaired) electrons. The van der Waals surface area contributed by atoms with Gasteiger partial charge in [-0.2, -0.15) is 0 Å². The average Bonchev–Trinajstić information content (AvgIpc) is 3.25. The Balaban J connectivity index is 1.44. The maximum atomic E-state index is 12.7. The van der Waals surface area contributed by atoms with Crippen molar-refractivity contribution in [3.8, 4) is 0 Å². The highest BCUT2D eigenvalue weighted by Gasteiger charge is 2.49. The summed E-state index contributed by atoms with van der Waals surface area (Å²) in [5.74, 6) is 0.923. The van der Waals surface area contributed by atoms with E-state index >= 15 is 0 Å². The quantitative estimate of drug-likeness (QED) is 0.833. The molecule has 0 bridgehead atoms.